The Labute approximate surface area is 142 Å². The Morgan fingerprint density at radius 3 is 2.96 bits per heavy atom. The number of nitrogens with zero attached hydrogens (tertiary/aromatic N) is 3. The van der Waals surface area contributed by atoms with E-state index in [0.717, 1.165) is 43.1 Å². The smallest absolute Gasteiger partial charge is 0.255 e. The summed E-state index contributed by atoms with van der Waals surface area (Å²) < 4.78 is 7.57. The number of rotatable bonds is 5. The Hall–Kier alpha value is -2.08. The van der Waals surface area contributed by atoms with Crippen LogP contribution in [0.1, 0.15) is 47.0 Å². The van der Waals surface area contributed by atoms with E-state index in [1.54, 1.807) is 6.20 Å². The SMILES string of the molecule is Cc1ccc([C@@H](C)NC(=O)c2cnn3c2C[C@H](CN(C)C)CC3)o1. The van der Waals surface area contributed by atoms with Gasteiger partial charge >= 0.3 is 0 Å². The summed E-state index contributed by atoms with van der Waals surface area (Å²) in [6.45, 7) is 5.75. The molecular weight excluding hydrogens is 304 g/mol. The van der Waals surface area contributed by atoms with E-state index in [0.29, 0.717) is 11.5 Å². The lowest BCUT2D eigenvalue weighted by atomic mass is 9.94. The minimum Gasteiger partial charge on any atom is -0.464 e. The Morgan fingerprint density at radius 1 is 1.50 bits per heavy atom. The highest BCUT2D eigenvalue weighted by atomic mass is 16.3. The Morgan fingerprint density at radius 2 is 2.29 bits per heavy atom. The second-order valence-electron chi connectivity index (χ2n) is 6.99. The summed E-state index contributed by atoms with van der Waals surface area (Å²) in [6, 6.07) is 3.65. The highest BCUT2D eigenvalue weighted by molar-refractivity contribution is 5.95. The molecule has 1 aliphatic heterocycles. The summed E-state index contributed by atoms with van der Waals surface area (Å²) in [5.41, 5.74) is 1.74. The van der Waals surface area contributed by atoms with Crippen LogP contribution in [0.15, 0.2) is 22.7 Å². The van der Waals surface area contributed by atoms with Gasteiger partial charge < -0.3 is 14.6 Å². The third-order valence-corrected chi connectivity index (χ3v) is 4.58. The van der Waals surface area contributed by atoms with Gasteiger partial charge in [-0.25, -0.2) is 0 Å². The molecule has 2 aromatic heterocycles. The van der Waals surface area contributed by atoms with Gasteiger partial charge in [-0.1, -0.05) is 0 Å². The number of aryl methyl sites for hydroxylation is 2. The van der Waals surface area contributed by atoms with Crippen molar-refractivity contribution < 1.29 is 9.21 Å². The molecule has 0 unspecified atom stereocenters. The summed E-state index contributed by atoms with van der Waals surface area (Å²) in [5, 5.41) is 7.42. The van der Waals surface area contributed by atoms with E-state index in [9.17, 15) is 4.79 Å². The number of nitrogens with one attached hydrogen (secondary N) is 1. The lowest BCUT2D eigenvalue weighted by Crippen LogP contribution is -2.31. The Kier molecular flexibility index (Phi) is 4.76. The van der Waals surface area contributed by atoms with Gasteiger partial charge in [0.25, 0.3) is 5.91 Å². The van der Waals surface area contributed by atoms with Crippen molar-refractivity contribution in [2.24, 2.45) is 5.92 Å². The van der Waals surface area contributed by atoms with Crippen molar-refractivity contribution in [1.29, 1.82) is 0 Å². The van der Waals surface area contributed by atoms with E-state index in [-0.39, 0.29) is 11.9 Å². The molecule has 6 heteroatoms. The van der Waals surface area contributed by atoms with Crippen LogP contribution in [0.3, 0.4) is 0 Å². The highest BCUT2D eigenvalue weighted by Crippen LogP contribution is 2.24. The number of hydrogen-bond donors (Lipinski definition) is 1. The fourth-order valence-electron chi connectivity index (χ4n) is 3.39. The van der Waals surface area contributed by atoms with Crippen molar-refractivity contribution in [2.75, 3.05) is 20.6 Å². The molecule has 0 saturated heterocycles. The monoisotopic (exact) mass is 330 g/mol. The summed E-state index contributed by atoms with van der Waals surface area (Å²) in [4.78, 5) is 14.9. The quantitative estimate of drug-likeness (QED) is 0.914. The second kappa shape index (κ2) is 6.81. The molecule has 0 aliphatic carbocycles. The van der Waals surface area contributed by atoms with Crippen molar-refractivity contribution >= 4 is 5.91 Å². The van der Waals surface area contributed by atoms with E-state index in [1.165, 1.54) is 0 Å². The van der Waals surface area contributed by atoms with Crippen LogP contribution in [0.4, 0.5) is 0 Å². The maximum atomic E-state index is 12.7. The van der Waals surface area contributed by atoms with Gasteiger partial charge in [0.05, 0.1) is 23.5 Å². The van der Waals surface area contributed by atoms with Crippen molar-refractivity contribution in [3.63, 3.8) is 0 Å². The summed E-state index contributed by atoms with van der Waals surface area (Å²) in [7, 11) is 4.18. The minimum absolute atomic E-state index is 0.0803. The molecule has 6 nitrogen and oxygen atoms in total. The zero-order chi connectivity index (χ0) is 17.3. The van der Waals surface area contributed by atoms with Gasteiger partial charge in [-0.2, -0.15) is 5.10 Å². The summed E-state index contributed by atoms with van der Waals surface area (Å²) in [5.74, 6) is 2.11. The lowest BCUT2D eigenvalue weighted by molar-refractivity contribution is 0.0933. The van der Waals surface area contributed by atoms with Crippen LogP contribution in [0.2, 0.25) is 0 Å². The predicted octanol–water partition coefficient (Wildman–Crippen LogP) is 2.40. The van der Waals surface area contributed by atoms with Gasteiger partial charge in [0.1, 0.15) is 11.5 Å². The van der Waals surface area contributed by atoms with Crippen molar-refractivity contribution in [3.8, 4) is 0 Å². The molecule has 2 atom stereocenters. The maximum absolute atomic E-state index is 12.7. The normalized spacial score (nSPS) is 18.5. The van der Waals surface area contributed by atoms with Crippen molar-refractivity contribution in [1.82, 2.24) is 20.0 Å². The molecule has 3 rings (SSSR count). The molecule has 0 bridgehead atoms. The van der Waals surface area contributed by atoms with Crippen LogP contribution < -0.4 is 5.32 Å². The molecule has 0 aromatic carbocycles. The van der Waals surface area contributed by atoms with E-state index >= 15 is 0 Å². The predicted molar refractivity (Wildman–Crippen MR) is 91.9 cm³/mol. The average Bonchev–Trinajstić information content (AvgIpc) is 3.12. The van der Waals surface area contributed by atoms with E-state index < -0.39 is 0 Å². The summed E-state index contributed by atoms with van der Waals surface area (Å²) >= 11 is 0. The van der Waals surface area contributed by atoms with Crippen LogP contribution in [0, 0.1) is 12.8 Å². The Bertz CT molecular complexity index is 716. The fraction of sp³-hybridized carbons (Fsp3) is 0.556. The van der Waals surface area contributed by atoms with E-state index in [2.05, 4.69) is 29.4 Å². The molecule has 130 valence electrons. The molecular formula is C18H26N4O2. The number of carbonyl (C=O) groups excluding carboxylic acids is 1. The number of hydrogen-bond acceptors (Lipinski definition) is 4. The first-order valence-electron chi connectivity index (χ1n) is 8.50. The van der Waals surface area contributed by atoms with E-state index in [1.807, 2.05) is 30.7 Å². The van der Waals surface area contributed by atoms with Crippen LogP contribution >= 0.6 is 0 Å². The zero-order valence-corrected chi connectivity index (χ0v) is 14.9. The first kappa shape index (κ1) is 16.8. The number of fused-ring (bicyclic) bond motifs is 1. The molecule has 1 aliphatic rings. The lowest BCUT2D eigenvalue weighted by Gasteiger charge is -2.26. The van der Waals surface area contributed by atoms with E-state index in [4.69, 9.17) is 4.42 Å². The molecule has 3 heterocycles. The van der Waals surface area contributed by atoms with Crippen molar-refractivity contribution in [3.05, 3.63) is 41.1 Å². The summed E-state index contributed by atoms with van der Waals surface area (Å²) in [6.07, 6.45) is 3.70. The largest absolute Gasteiger partial charge is 0.464 e. The first-order valence-corrected chi connectivity index (χ1v) is 8.50. The molecule has 0 saturated carbocycles. The zero-order valence-electron chi connectivity index (χ0n) is 14.9. The Balaban J connectivity index is 1.71. The second-order valence-corrected chi connectivity index (χ2v) is 6.99. The minimum atomic E-state index is -0.164. The number of amides is 1. The molecule has 24 heavy (non-hydrogen) atoms. The average molecular weight is 330 g/mol. The maximum Gasteiger partial charge on any atom is 0.255 e. The van der Waals surface area contributed by atoms with Crippen LogP contribution in [0.5, 0.6) is 0 Å². The molecule has 2 aromatic rings. The van der Waals surface area contributed by atoms with Gasteiger partial charge in [-0.15, -0.1) is 0 Å². The van der Waals surface area contributed by atoms with Gasteiger partial charge in [0.15, 0.2) is 0 Å². The standard InChI is InChI=1S/C18H26N4O2/c1-12-5-6-17(24-12)13(2)20-18(23)15-10-19-22-8-7-14(9-16(15)22)11-21(3)4/h5-6,10,13-14H,7-9,11H2,1-4H3,(H,20,23)/t13-,14-/m1/s1. The molecule has 0 fully saturated rings. The highest BCUT2D eigenvalue weighted by Gasteiger charge is 2.26. The molecule has 0 spiro atoms. The number of furan rings is 1. The van der Waals surface area contributed by atoms with Crippen molar-refractivity contribution in [2.45, 2.75) is 39.3 Å². The fourth-order valence-corrected chi connectivity index (χ4v) is 3.39. The van der Waals surface area contributed by atoms with Gasteiger partial charge in [-0.3, -0.25) is 9.48 Å². The van der Waals surface area contributed by atoms with Crippen LogP contribution in [-0.2, 0) is 13.0 Å². The third kappa shape index (κ3) is 3.53. The van der Waals surface area contributed by atoms with Gasteiger partial charge in [0.2, 0.25) is 0 Å². The third-order valence-electron chi connectivity index (χ3n) is 4.58. The van der Waals surface area contributed by atoms with Gasteiger partial charge in [-0.05, 0) is 58.8 Å². The first-order chi connectivity index (χ1) is 11.4. The molecule has 0 radical (unpaired) electrons. The number of aromatic nitrogens is 2. The van der Waals surface area contributed by atoms with Gasteiger partial charge in [0, 0.05) is 13.1 Å². The van der Waals surface area contributed by atoms with Crippen LogP contribution in [0.25, 0.3) is 0 Å². The molecule has 1 amide bonds. The van der Waals surface area contributed by atoms with Crippen LogP contribution in [-0.4, -0.2) is 41.2 Å². The topological polar surface area (TPSA) is 63.3 Å². The molecule has 1 N–H and O–H groups in total. The number of carbonyl (C=O) groups is 1.